The molecular weight excluding hydrogens is 230 g/mol. The minimum Gasteiger partial charge on any atom is -0.478 e. The molecule has 0 aliphatic carbocycles. The van der Waals surface area contributed by atoms with E-state index in [0.29, 0.717) is 23.7 Å². The van der Waals surface area contributed by atoms with E-state index in [4.69, 9.17) is 0 Å². The quantitative estimate of drug-likeness (QED) is 0.893. The molecule has 0 saturated heterocycles. The summed E-state index contributed by atoms with van der Waals surface area (Å²) in [6.45, 7) is 2.81. The summed E-state index contributed by atoms with van der Waals surface area (Å²) in [6, 6.07) is 5.48. The molecule has 1 unspecified atom stereocenters. The number of aromatic nitrogens is 2. The monoisotopic (exact) mass is 247 g/mol. The number of carboxylic acids is 1. The normalized spacial score (nSPS) is 13.1. The molecule has 0 amide bonds. The highest BCUT2D eigenvalue weighted by Gasteiger charge is 2.15. The standard InChI is InChI=1S/C13H17N3O2/c1-9(15(2)3)7-16-8-14-11-6-4-5-10(12(11)16)13(17)18/h4-6,8-9H,7H2,1-3H3,(H,17,18). The number of imidazole rings is 1. The van der Waals surface area contributed by atoms with Crippen LogP contribution >= 0.6 is 0 Å². The predicted octanol–water partition coefficient (Wildman–Crippen LogP) is 1.68. The van der Waals surface area contributed by atoms with Gasteiger partial charge < -0.3 is 14.6 Å². The zero-order valence-corrected chi connectivity index (χ0v) is 10.8. The first-order valence-electron chi connectivity index (χ1n) is 5.84. The van der Waals surface area contributed by atoms with Crippen molar-refractivity contribution < 1.29 is 9.90 Å². The van der Waals surface area contributed by atoms with Crippen LogP contribution in [0.2, 0.25) is 0 Å². The number of nitrogens with zero attached hydrogens (tertiary/aromatic N) is 3. The van der Waals surface area contributed by atoms with Gasteiger partial charge in [-0.15, -0.1) is 0 Å². The first-order valence-corrected chi connectivity index (χ1v) is 5.84. The number of para-hydroxylation sites is 1. The van der Waals surface area contributed by atoms with Crippen LogP contribution in [0.15, 0.2) is 24.5 Å². The molecule has 1 N–H and O–H groups in total. The summed E-state index contributed by atoms with van der Waals surface area (Å²) in [7, 11) is 4.00. The molecule has 0 radical (unpaired) electrons. The van der Waals surface area contributed by atoms with Gasteiger partial charge >= 0.3 is 5.97 Å². The predicted molar refractivity (Wildman–Crippen MR) is 69.8 cm³/mol. The van der Waals surface area contributed by atoms with E-state index in [1.807, 2.05) is 24.7 Å². The molecule has 18 heavy (non-hydrogen) atoms. The van der Waals surface area contributed by atoms with Gasteiger partial charge in [0.15, 0.2) is 0 Å². The molecule has 0 bridgehead atoms. The van der Waals surface area contributed by atoms with Crippen molar-refractivity contribution in [3.05, 3.63) is 30.1 Å². The van der Waals surface area contributed by atoms with Crippen molar-refractivity contribution in [2.24, 2.45) is 0 Å². The van der Waals surface area contributed by atoms with Gasteiger partial charge in [0.1, 0.15) is 0 Å². The van der Waals surface area contributed by atoms with Gasteiger partial charge in [0.05, 0.1) is 22.9 Å². The Morgan fingerprint density at radius 3 is 2.83 bits per heavy atom. The second kappa shape index (κ2) is 4.78. The van der Waals surface area contributed by atoms with E-state index in [9.17, 15) is 9.90 Å². The summed E-state index contributed by atoms with van der Waals surface area (Å²) >= 11 is 0. The molecule has 5 heteroatoms. The third kappa shape index (κ3) is 2.22. The molecule has 2 rings (SSSR count). The van der Waals surface area contributed by atoms with Crippen LogP contribution in [0.25, 0.3) is 11.0 Å². The number of carboxylic acid groups (broad SMARTS) is 1. The Labute approximate surface area is 106 Å². The van der Waals surface area contributed by atoms with E-state index >= 15 is 0 Å². The highest BCUT2D eigenvalue weighted by atomic mass is 16.4. The van der Waals surface area contributed by atoms with Crippen LogP contribution in [-0.2, 0) is 6.54 Å². The van der Waals surface area contributed by atoms with E-state index in [1.165, 1.54) is 0 Å². The molecule has 2 aromatic rings. The van der Waals surface area contributed by atoms with Crippen molar-refractivity contribution in [1.82, 2.24) is 14.5 Å². The van der Waals surface area contributed by atoms with Crippen LogP contribution in [0.1, 0.15) is 17.3 Å². The van der Waals surface area contributed by atoms with Crippen molar-refractivity contribution in [2.45, 2.75) is 19.5 Å². The maximum atomic E-state index is 11.2. The third-order valence-electron chi connectivity index (χ3n) is 3.21. The molecule has 96 valence electrons. The number of likely N-dealkylation sites (N-methyl/N-ethyl adjacent to an activating group) is 1. The molecule has 0 aliphatic heterocycles. The minimum atomic E-state index is -0.917. The lowest BCUT2D eigenvalue weighted by Gasteiger charge is -2.20. The van der Waals surface area contributed by atoms with Gasteiger partial charge in [0.25, 0.3) is 0 Å². The Kier molecular flexibility index (Phi) is 3.34. The maximum Gasteiger partial charge on any atom is 0.337 e. The number of carbonyl (C=O) groups is 1. The smallest absolute Gasteiger partial charge is 0.337 e. The van der Waals surface area contributed by atoms with E-state index < -0.39 is 5.97 Å². The molecule has 0 aliphatic rings. The van der Waals surface area contributed by atoms with Crippen LogP contribution in [0.3, 0.4) is 0 Å². The fourth-order valence-electron chi connectivity index (χ4n) is 1.89. The lowest BCUT2D eigenvalue weighted by molar-refractivity contribution is 0.0698. The average Bonchev–Trinajstić information content (AvgIpc) is 2.72. The first kappa shape index (κ1) is 12.6. The Bertz CT molecular complexity index is 575. The number of rotatable bonds is 4. The van der Waals surface area contributed by atoms with Gasteiger partial charge in [-0.3, -0.25) is 0 Å². The van der Waals surface area contributed by atoms with Crippen LogP contribution in [0.4, 0.5) is 0 Å². The summed E-state index contributed by atoms with van der Waals surface area (Å²) in [5.41, 5.74) is 1.72. The average molecular weight is 247 g/mol. The summed E-state index contributed by atoms with van der Waals surface area (Å²) in [6.07, 6.45) is 1.71. The SMILES string of the molecule is CC(Cn1cnc2cccc(C(=O)O)c21)N(C)C. The Hall–Kier alpha value is -1.88. The molecule has 1 heterocycles. The van der Waals surface area contributed by atoms with Crippen LogP contribution in [0.5, 0.6) is 0 Å². The minimum absolute atomic E-state index is 0.302. The van der Waals surface area contributed by atoms with Gasteiger partial charge in [-0.05, 0) is 33.2 Å². The molecule has 5 nitrogen and oxygen atoms in total. The lowest BCUT2D eigenvalue weighted by Crippen LogP contribution is -2.29. The van der Waals surface area contributed by atoms with Gasteiger partial charge in [-0.25, -0.2) is 9.78 Å². The number of benzene rings is 1. The zero-order chi connectivity index (χ0) is 13.3. The number of hydrogen-bond donors (Lipinski definition) is 1. The molecular formula is C13H17N3O2. The lowest BCUT2D eigenvalue weighted by atomic mass is 10.2. The van der Waals surface area contributed by atoms with Gasteiger partial charge in [0, 0.05) is 12.6 Å². The largest absolute Gasteiger partial charge is 0.478 e. The number of aromatic carboxylic acids is 1. The van der Waals surface area contributed by atoms with Gasteiger partial charge in [-0.2, -0.15) is 0 Å². The molecule has 1 aromatic carbocycles. The Morgan fingerprint density at radius 2 is 2.22 bits per heavy atom. The van der Waals surface area contributed by atoms with Crippen molar-refractivity contribution in [3.8, 4) is 0 Å². The number of fused-ring (bicyclic) bond motifs is 1. The van der Waals surface area contributed by atoms with Crippen LogP contribution in [-0.4, -0.2) is 45.7 Å². The fraction of sp³-hybridized carbons (Fsp3) is 0.385. The third-order valence-corrected chi connectivity index (χ3v) is 3.21. The maximum absolute atomic E-state index is 11.2. The van der Waals surface area contributed by atoms with E-state index in [-0.39, 0.29) is 0 Å². The van der Waals surface area contributed by atoms with Crippen molar-refractivity contribution in [2.75, 3.05) is 14.1 Å². The molecule has 0 fully saturated rings. The number of hydrogen-bond acceptors (Lipinski definition) is 3. The summed E-state index contributed by atoms with van der Waals surface area (Å²) in [4.78, 5) is 17.6. The van der Waals surface area contributed by atoms with Crippen LogP contribution < -0.4 is 0 Å². The zero-order valence-electron chi connectivity index (χ0n) is 10.8. The summed E-state index contributed by atoms with van der Waals surface area (Å²) < 4.78 is 1.91. The van der Waals surface area contributed by atoms with Crippen LogP contribution in [0, 0.1) is 0 Å². The molecule has 1 aromatic heterocycles. The molecule has 0 spiro atoms. The summed E-state index contributed by atoms with van der Waals surface area (Å²) in [5.74, 6) is -0.917. The highest BCUT2D eigenvalue weighted by molar-refractivity contribution is 6.01. The molecule has 0 saturated carbocycles. The van der Waals surface area contributed by atoms with E-state index in [0.717, 1.165) is 5.52 Å². The fourth-order valence-corrected chi connectivity index (χ4v) is 1.89. The van der Waals surface area contributed by atoms with Crippen molar-refractivity contribution >= 4 is 17.0 Å². The van der Waals surface area contributed by atoms with E-state index in [1.54, 1.807) is 18.5 Å². The molecule has 1 atom stereocenters. The van der Waals surface area contributed by atoms with Gasteiger partial charge in [0.2, 0.25) is 0 Å². The van der Waals surface area contributed by atoms with E-state index in [2.05, 4.69) is 16.8 Å². The first-order chi connectivity index (χ1) is 8.50. The second-order valence-electron chi connectivity index (χ2n) is 4.69. The van der Waals surface area contributed by atoms with Gasteiger partial charge in [-0.1, -0.05) is 6.07 Å². The Morgan fingerprint density at radius 1 is 1.50 bits per heavy atom. The second-order valence-corrected chi connectivity index (χ2v) is 4.69. The van der Waals surface area contributed by atoms with Crippen molar-refractivity contribution in [1.29, 1.82) is 0 Å². The Balaban J connectivity index is 2.49. The summed E-state index contributed by atoms with van der Waals surface area (Å²) in [5, 5.41) is 9.22. The highest BCUT2D eigenvalue weighted by Crippen LogP contribution is 2.18. The topological polar surface area (TPSA) is 58.4 Å². The van der Waals surface area contributed by atoms with Crippen molar-refractivity contribution in [3.63, 3.8) is 0 Å².